The molecule has 0 radical (unpaired) electrons. The third kappa shape index (κ3) is 3.65. The first-order valence-corrected chi connectivity index (χ1v) is 6.57. The molecule has 0 aliphatic rings. The Morgan fingerprint density at radius 1 is 1.50 bits per heavy atom. The number of hydrogen-bond acceptors (Lipinski definition) is 2. The van der Waals surface area contributed by atoms with Crippen molar-refractivity contribution < 1.29 is 4.39 Å². The summed E-state index contributed by atoms with van der Waals surface area (Å²) >= 11 is 3.19. The van der Waals surface area contributed by atoms with E-state index in [1.807, 2.05) is 10.8 Å². The van der Waals surface area contributed by atoms with Crippen LogP contribution in [0.25, 0.3) is 0 Å². The van der Waals surface area contributed by atoms with Gasteiger partial charge in [0.05, 0.1) is 10.8 Å². The maximum atomic E-state index is 13.1. The van der Waals surface area contributed by atoms with Crippen LogP contribution in [-0.4, -0.2) is 15.6 Å². The van der Waals surface area contributed by atoms with Gasteiger partial charge in [0.15, 0.2) is 0 Å². The third-order valence-electron chi connectivity index (χ3n) is 2.68. The molecule has 1 heterocycles. The normalized spacial score (nSPS) is 12.6. The number of hydrogen-bond donors (Lipinski definition) is 1. The van der Waals surface area contributed by atoms with Crippen LogP contribution in [0.5, 0.6) is 0 Å². The summed E-state index contributed by atoms with van der Waals surface area (Å²) in [6.07, 6.45) is 5.50. The van der Waals surface area contributed by atoms with Crippen molar-refractivity contribution in [3.63, 3.8) is 0 Å². The molecule has 18 heavy (non-hydrogen) atoms. The van der Waals surface area contributed by atoms with Crippen LogP contribution in [0.4, 0.5) is 4.39 Å². The van der Waals surface area contributed by atoms with Crippen LogP contribution < -0.4 is 5.32 Å². The molecule has 0 saturated carbocycles. The van der Waals surface area contributed by atoms with Crippen LogP contribution in [0.15, 0.2) is 41.4 Å². The smallest absolute Gasteiger partial charge is 0.137 e. The lowest BCUT2D eigenvalue weighted by Crippen LogP contribution is -2.29. The minimum Gasteiger partial charge on any atom is -0.336 e. The number of rotatable bonds is 5. The van der Waals surface area contributed by atoms with Crippen molar-refractivity contribution >= 4 is 15.9 Å². The highest BCUT2D eigenvalue weighted by Crippen LogP contribution is 2.16. The first-order valence-electron chi connectivity index (χ1n) is 5.78. The van der Waals surface area contributed by atoms with Gasteiger partial charge in [-0.3, -0.25) is 0 Å². The zero-order valence-electron chi connectivity index (χ0n) is 10.1. The summed E-state index contributed by atoms with van der Waals surface area (Å²) in [5.41, 5.74) is 1.06. The van der Waals surface area contributed by atoms with Crippen molar-refractivity contribution in [1.82, 2.24) is 14.9 Å². The zero-order chi connectivity index (χ0) is 13.0. The van der Waals surface area contributed by atoms with Crippen LogP contribution in [0.3, 0.4) is 0 Å². The van der Waals surface area contributed by atoms with E-state index in [4.69, 9.17) is 0 Å². The average molecular weight is 312 g/mol. The summed E-state index contributed by atoms with van der Waals surface area (Å²) in [6.45, 7) is 3.69. The molecule has 2 aromatic rings. The molecule has 0 aliphatic heterocycles. The van der Waals surface area contributed by atoms with Gasteiger partial charge >= 0.3 is 0 Å². The molecular formula is C13H15BrFN3. The van der Waals surface area contributed by atoms with Gasteiger partial charge in [-0.15, -0.1) is 0 Å². The van der Waals surface area contributed by atoms with Gasteiger partial charge in [0.2, 0.25) is 0 Å². The lowest BCUT2D eigenvalue weighted by atomic mass is 10.2. The molecule has 0 aliphatic carbocycles. The maximum Gasteiger partial charge on any atom is 0.137 e. The van der Waals surface area contributed by atoms with E-state index >= 15 is 0 Å². The van der Waals surface area contributed by atoms with Gasteiger partial charge in [-0.05, 0) is 40.5 Å². The molecular weight excluding hydrogens is 297 g/mol. The number of nitrogens with zero attached hydrogens (tertiary/aromatic N) is 2. The fourth-order valence-electron chi connectivity index (χ4n) is 1.72. The van der Waals surface area contributed by atoms with Crippen LogP contribution >= 0.6 is 15.9 Å². The predicted molar refractivity (Wildman–Crippen MR) is 72.6 cm³/mol. The number of halogens is 2. The summed E-state index contributed by atoms with van der Waals surface area (Å²) in [5.74, 6) is -0.231. The summed E-state index contributed by atoms with van der Waals surface area (Å²) in [4.78, 5) is 4.00. The standard InChI is InChI=1S/C13H15BrFN3/c1-10(8-18-5-4-16-9-18)17-7-11-2-3-13(15)12(14)6-11/h2-6,9-10,17H,7-8H2,1H3/t10-/m1/s1. The zero-order valence-corrected chi connectivity index (χ0v) is 11.7. The monoisotopic (exact) mass is 311 g/mol. The van der Waals surface area contributed by atoms with Crippen LogP contribution in [0.2, 0.25) is 0 Å². The van der Waals surface area contributed by atoms with Gasteiger partial charge in [-0.2, -0.15) is 0 Å². The van der Waals surface area contributed by atoms with E-state index in [0.29, 0.717) is 10.5 Å². The Balaban J connectivity index is 1.85. The van der Waals surface area contributed by atoms with Gasteiger partial charge in [0.25, 0.3) is 0 Å². The number of nitrogens with one attached hydrogen (secondary N) is 1. The topological polar surface area (TPSA) is 29.9 Å². The summed E-state index contributed by atoms with van der Waals surface area (Å²) < 4.78 is 15.6. The van der Waals surface area contributed by atoms with Crippen molar-refractivity contribution in [3.05, 3.63) is 52.8 Å². The van der Waals surface area contributed by atoms with Crippen molar-refractivity contribution in [2.45, 2.75) is 26.1 Å². The maximum absolute atomic E-state index is 13.1. The highest BCUT2D eigenvalue weighted by molar-refractivity contribution is 9.10. The van der Waals surface area contributed by atoms with Gasteiger partial charge in [-0.1, -0.05) is 6.07 Å². The number of imidazole rings is 1. The Hall–Kier alpha value is -1.20. The molecule has 1 N–H and O–H groups in total. The van der Waals surface area contributed by atoms with Gasteiger partial charge < -0.3 is 9.88 Å². The quantitative estimate of drug-likeness (QED) is 0.920. The molecule has 0 amide bonds. The van der Waals surface area contributed by atoms with E-state index in [0.717, 1.165) is 18.7 Å². The van der Waals surface area contributed by atoms with Gasteiger partial charge in [0, 0.05) is 31.5 Å². The third-order valence-corrected chi connectivity index (χ3v) is 3.29. The Labute approximate surface area is 114 Å². The van der Waals surface area contributed by atoms with Crippen LogP contribution in [-0.2, 0) is 13.1 Å². The Morgan fingerprint density at radius 2 is 2.33 bits per heavy atom. The van der Waals surface area contributed by atoms with E-state index in [1.54, 1.807) is 24.7 Å². The Morgan fingerprint density at radius 3 is 3.00 bits per heavy atom. The van der Waals surface area contributed by atoms with E-state index in [9.17, 15) is 4.39 Å². The molecule has 1 atom stereocenters. The summed E-state index contributed by atoms with van der Waals surface area (Å²) in [5, 5.41) is 3.39. The highest BCUT2D eigenvalue weighted by Gasteiger charge is 2.04. The first kappa shape index (κ1) is 13.2. The van der Waals surface area contributed by atoms with E-state index < -0.39 is 0 Å². The Kier molecular flexibility index (Phi) is 4.49. The molecule has 3 nitrogen and oxygen atoms in total. The second kappa shape index (κ2) is 6.11. The number of aromatic nitrogens is 2. The minimum absolute atomic E-state index is 0.231. The second-order valence-corrected chi connectivity index (χ2v) is 5.14. The van der Waals surface area contributed by atoms with E-state index in [1.165, 1.54) is 6.07 Å². The molecule has 0 fully saturated rings. The lowest BCUT2D eigenvalue weighted by molar-refractivity contribution is 0.476. The minimum atomic E-state index is -0.231. The highest BCUT2D eigenvalue weighted by atomic mass is 79.9. The molecule has 1 aromatic carbocycles. The van der Waals surface area contributed by atoms with Crippen LogP contribution in [0.1, 0.15) is 12.5 Å². The predicted octanol–water partition coefficient (Wildman–Crippen LogP) is 2.96. The van der Waals surface area contributed by atoms with Crippen molar-refractivity contribution in [1.29, 1.82) is 0 Å². The number of benzene rings is 1. The van der Waals surface area contributed by atoms with Crippen molar-refractivity contribution in [3.8, 4) is 0 Å². The molecule has 96 valence electrons. The molecule has 0 unspecified atom stereocenters. The van der Waals surface area contributed by atoms with E-state index in [2.05, 4.69) is 33.2 Å². The lowest BCUT2D eigenvalue weighted by Gasteiger charge is -2.14. The summed E-state index contributed by atoms with van der Waals surface area (Å²) in [6, 6.07) is 5.38. The van der Waals surface area contributed by atoms with Crippen LogP contribution in [0, 0.1) is 5.82 Å². The summed E-state index contributed by atoms with van der Waals surface area (Å²) in [7, 11) is 0. The van der Waals surface area contributed by atoms with Crippen molar-refractivity contribution in [2.75, 3.05) is 0 Å². The molecule has 0 spiro atoms. The average Bonchev–Trinajstić information content (AvgIpc) is 2.83. The first-order chi connectivity index (χ1) is 8.65. The van der Waals surface area contributed by atoms with E-state index in [-0.39, 0.29) is 5.82 Å². The van der Waals surface area contributed by atoms with Crippen molar-refractivity contribution in [2.24, 2.45) is 0 Å². The molecule has 0 bridgehead atoms. The van der Waals surface area contributed by atoms with Gasteiger partial charge in [0.1, 0.15) is 5.82 Å². The molecule has 2 rings (SSSR count). The molecule has 5 heteroatoms. The fraction of sp³-hybridized carbons (Fsp3) is 0.308. The second-order valence-electron chi connectivity index (χ2n) is 4.29. The molecule has 0 saturated heterocycles. The molecule has 1 aromatic heterocycles. The fourth-order valence-corrected chi connectivity index (χ4v) is 2.14. The Bertz CT molecular complexity index is 499. The van der Waals surface area contributed by atoms with Gasteiger partial charge in [-0.25, -0.2) is 9.37 Å². The largest absolute Gasteiger partial charge is 0.336 e. The SMILES string of the molecule is C[C@H](Cn1ccnc1)NCc1ccc(F)c(Br)c1.